The summed E-state index contributed by atoms with van der Waals surface area (Å²) in [5.74, 6) is 1.63. The number of hydrogen-bond acceptors (Lipinski definition) is 3. The van der Waals surface area contributed by atoms with Crippen molar-refractivity contribution in [1.82, 2.24) is 6.15 Å². The van der Waals surface area contributed by atoms with E-state index < -0.39 is 0 Å². The molecule has 0 spiro atoms. The molecule has 2 aromatic carbocycles. The van der Waals surface area contributed by atoms with Gasteiger partial charge in [0.05, 0.1) is 19.8 Å². The molecule has 0 amide bonds. The first kappa shape index (κ1) is 17.8. The lowest BCUT2D eigenvalue weighted by atomic mass is 10.1. The molecule has 0 unspecified atom stereocenters. The Morgan fingerprint density at radius 3 is 2.14 bits per heavy atom. The smallest absolute Gasteiger partial charge is 0.129 e. The lowest BCUT2D eigenvalue weighted by Crippen LogP contribution is -1.91. The van der Waals surface area contributed by atoms with E-state index in [4.69, 9.17) is 9.47 Å². The SMILES string of the molecule is CCCc1cccc(C=Cc2c(OC)cccc2OC)c1.N. The van der Waals surface area contributed by atoms with E-state index in [2.05, 4.69) is 37.3 Å². The minimum atomic E-state index is 0. The van der Waals surface area contributed by atoms with Crippen molar-refractivity contribution in [3.63, 3.8) is 0 Å². The zero-order valence-electron chi connectivity index (χ0n) is 13.6. The number of benzene rings is 2. The monoisotopic (exact) mass is 299 g/mol. The summed E-state index contributed by atoms with van der Waals surface area (Å²) in [6, 6.07) is 14.4. The molecule has 22 heavy (non-hydrogen) atoms. The largest absolute Gasteiger partial charge is 0.496 e. The van der Waals surface area contributed by atoms with Crippen LogP contribution >= 0.6 is 0 Å². The molecule has 0 atom stereocenters. The fourth-order valence-corrected chi connectivity index (χ4v) is 2.36. The van der Waals surface area contributed by atoms with Crippen molar-refractivity contribution in [3.8, 4) is 11.5 Å². The zero-order chi connectivity index (χ0) is 15.1. The summed E-state index contributed by atoms with van der Waals surface area (Å²) in [7, 11) is 3.35. The maximum Gasteiger partial charge on any atom is 0.129 e. The van der Waals surface area contributed by atoms with E-state index in [9.17, 15) is 0 Å². The van der Waals surface area contributed by atoms with Gasteiger partial charge in [0, 0.05) is 0 Å². The van der Waals surface area contributed by atoms with Gasteiger partial charge in [-0.05, 0) is 35.8 Å². The molecule has 0 heterocycles. The Balaban J connectivity index is 0.00000242. The molecule has 0 bridgehead atoms. The first-order valence-corrected chi connectivity index (χ1v) is 7.26. The highest BCUT2D eigenvalue weighted by Gasteiger charge is 2.06. The van der Waals surface area contributed by atoms with Crippen LogP contribution in [-0.4, -0.2) is 14.2 Å². The number of methoxy groups -OCH3 is 2. The highest BCUT2D eigenvalue weighted by molar-refractivity contribution is 5.76. The first-order chi connectivity index (χ1) is 10.3. The van der Waals surface area contributed by atoms with Crippen LogP contribution in [0.15, 0.2) is 42.5 Å². The second-order valence-corrected chi connectivity index (χ2v) is 4.90. The van der Waals surface area contributed by atoms with Crippen molar-refractivity contribution in [2.75, 3.05) is 14.2 Å². The Labute approximate surface area is 133 Å². The average molecular weight is 299 g/mol. The molecule has 3 nitrogen and oxygen atoms in total. The van der Waals surface area contributed by atoms with Gasteiger partial charge in [0.25, 0.3) is 0 Å². The lowest BCUT2D eigenvalue weighted by molar-refractivity contribution is 0.392. The van der Waals surface area contributed by atoms with E-state index >= 15 is 0 Å². The molecule has 118 valence electrons. The lowest BCUT2D eigenvalue weighted by Gasteiger charge is -2.09. The molecule has 0 aliphatic heterocycles. The summed E-state index contributed by atoms with van der Waals surface area (Å²) < 4.78 is 10.8. The van der Waals surface area contributed by atoms with Crippen LogP contribution in [0.5, 0.6) is 11.5 Å². The third kappa shape index (κ3) is 4.37. The van der Waals surface area contributed by atoms with E-state index in [1.54, 1.807) is 14.2 Å². The third-order valence-electron chi connectivity index (χ3n) is 3.40. The van der Waals surface area contributed by atoms with Gasteiger partial charge in [-0.1, -0.05) is 49.8 Å². The molecule has 2 aromatic rings. The van der Waals surface area contributed by atoms with Gasteiger partial charge in [0.15, 0.2) is 0 Å². The van der Waals surface area contributed by atoms with Crippen LogP contribution in [0.2, 0.25) is 0 Å². The van der Waals surface area contributed by atoms with Crippen LogP contribution < -0.4 is 15.6 Å². The summed E-state index contributed by atoms with van der Waals surface area (Å²) >= 11 is 0. The Morgan fingerprint density at radius 1 is 0.909 bits per heavy atom. The van der Waals surface area contributed by atoms with Crippen LogP contribution in [0.1, 0.15) is 30.0 Å². The molecular formula is C19H25NO2. The van der Waals surface area contributed by atoms with Crippen molar-refractivity contribution in [2.24, 2.45) is 0 Å². The number of rotatable bonds is 6. The summed E-state index contributed by atoms with van der Waals surface area (Å²) in [6.07, 6.45) is 6.41. The maximum atomic E-state index is 5.41. The zero-order valence-corrected chi connectivity index (χ0v) is 13.6. The molecular weight excluding hydrogens is 274 g/mol. The molecule has 0 saturated heterocycles. The van der Waals surface area contributed by atoms with Gasteiger partial charge in [0.2, 0.25) is 0 Å². The van der Waals surface area contributed by atoms with Gasteiger partial charge in [-0.25, -0.2) is 0 Å². The van der Waals surface area contributed by atoms with Gasteiger partial charge in [0.1, 0.15) is 11.5 Å². The van der Waals surface area contributed by atoms with E-state index in [1.807, 2.05) is 24.3 Å². The van der Waals surface area contributed by atoms with Crippen LogP contribution in [0.3, 0.4) is 0 Å². The van der Waals surface area contributed by atoms with Crippen molar-refractivity contribution in [1.29, 1.82) is 0 Å². The van der Waals surface area contributed by atoms with Gasteiger partial charge in [-0.3, -0.25) is 0 Å². The number of ether oxygens (including phenoxy) is 2. The molecule has 0 fully saturated rings. The average Bonchev–Trinajstić information content (AvgIpc) is 2.53. The molecule has 0 aliphatic carbocycles. The van der Waals surface area contributed by atoms with Crippen molar-refractivity contribution in [3.05, 3.63) is 59.2 Å². The molecule has 2 rings (SSSR count). The fraction of sp³-hybridized carbons (Fsp3) is 0.263. The van der Waals surface area contributed by atoms with Gasteiger partial charge < -0.3 is 15.6 Å². The molecule has 0 radical (unpaired) electrons. The number of aryl methyl sites for hydroxylation is 1. The summed E-state index contributed by atoms with van der Waals surface area (Å²) in [5.41, 5.74) is 3.52. The van der Waals surface area contributed by atoms with Gasteiger partial charge in [-0.15, -0.1) is 0 Å². The summed E-state index contributed by atoms with van der Waals surface area (Å²) in [4.78, 5) is 0. The van der Waals surface area contributed by atoms with Crippen molar-refractivity contribution < 1.29 is 9.47 Å². The van der Waals surface area contributed by atoms with Crippen molar-refractivity contribution >= 4 is 12.2 Å². The quantitative estimate of drug-likeness (QED) is 0.765. The Bertz CT molecular complexity index is 598. The van der Waals surface area contributed by atoms with Gasteiger partial charge >= 0.3 is 0 Å². The molecule has 3 heteroatoms. The fourth-order valence-electron chi connectivity index (χ4n) is 2.36. The van der Waals surface area contributed by atoms with Crippen molar-refractivity contribution in [2.45, 2.75) is 19.8 Å². The Morgan fingerprint density at radius 2 is 1.55 bits per heavy atom. The predicted octanol–water partition coefficient (Wildman–Crippen LogP) is 4.99. The van der Waals surface area contributed by atoms with E-state index in [0.29, 0.717) is 0 Å². The second-order valence-electron chi connectivity index (χ2n) is 4.90. The van der Waals surface area contributed by atoms with Crippen LogP contribution in [-0.2, 0) is 6.42 Å². The van der Waals surface area contributed by atoms with Gasteiger partial charge in [-0.2, -0.15) is 0 Å². The minimum absolute atomic E-state index is 0. The normalized spacial score (nSPS) is 10.3. The van der Waals surface area contributed by atoms with E-state index in [1.165, 1.54) is 11.1 Å². The van der Waals surface area contributed by atoms with E-state index in [0.717, 1.165) is 29.9 Å². The second kappa shape index (κ2) is 8.90. The highest BCUT2D eigenvalue weighted by Crippen LogP contribution is 2.30. The Hall–Kier alpha value is -2.26. The van der Waals surface area contributed by atoms with Crippen LogP contribution in [0.25, 0.3) is 12.2 Å². The molecule has 3 N–H and O–H groups in total. The van der Waals surface area contributed by atoms with E-state index in [-0.39, 0.29) is 6.15 Å². The highest BCUT2D eigenvalue weighted by atomic mass is 16.5. The summed E-state index contributed by atoms with van der Waals surface area (Å²) in [5, 5.41) is 0. The standard InChI is InChI=1S/C19H22O2.H3N/c1-4-7-15-8-5-9-16(14-15)12-13-17-18(20-2)10-6-11-19(17)21-3;/h5-6,8-14H,4,7H2,1-3H3;1H3. The summed E-state index contributed by atoms with van der Waals surface area (Å²) in [6.45, 7) is 2.20. The number of hydrogen-bond donors (Lipinski definition) is 1. The molecule has 0 aliphatic rings. The third-order valence-corrected chi connectivity index (χ3v) is 3.40. The molecule has 0 aromatic heterocycles. The molecule has 0 saturated carbocycles. The minimum Gasteiger partial charge on any atom is -0.496 e. The Kier molecular flexibility index (Phi) is 7.20. The predicted molar refractivity (Wildman–Crippen MR) is 93.9 cm³/mol. The van der Waals surface area contributed by atoms with Crippen LogP contribution in [0, 0.1) is 0 Å². The topological polar surface area (TPSA) is 53.5 Å². The van der Waals surface area contributed by atoms with Crippen LogP contribution in [0.4, 0.5) is 0 Å². The maximum absolute atomic E-state index is 5.41. The first-order valence-electron chi connectivity index (χ1n) is 7.26.